The number of rotatable bonds is 3. The molecule has 0 atom stereocenters. The number of benzene rings is 2. The largest absolute Gasteiger partial charge is 0.477 e. The smallest absolute Gasteiger partial charge is 0.353 e. The van der Waals surface area contributed by atoms with E-state index in [2.05, 4.69) is 0 Å². The molecule has 0 saturated carbocycles. The standard InChI is InChI=1S/C18H15NO2/c1-19-16(14-10-6-3-7-11-14)12-15(17(19)18(20)21)13-8-4-2-5-9-13/h2-12H,1H3,(H,20,21). The molecular formula is C18H15NO2. The van der Waals surface area contributed by atoms with E-state index in [-0.39, 0.29) is 0 Å². The molecule has 3 heteroatoms. The molecule has 0 bridgehead atoms. The Bertz CT molecular complexity index is 774. The number of hydrogen-bond acceptors (Lipinski definition) is 1. The third kappa shape index (κ3) is 2.34. The zero-order chi connectivity index (χ0) is 14.8. The van der Waals surface area contributed by atoms with Gasteiger partial charge in [-0.3, -0.25) is 0 Å². The molecule has 0 spiro atoms. The molecular weight excluding hydrogens is 262 g/mol. The van der Waals surface area contributed by atoms with Gasteiger partial charge in [0, 0.05) is 18.3 Å². The minimum atomic E-state index is -0.918. The van der Waals surface area contributed by atoms with E-state index in [9.17, 15) is 9.90 Å². The van der Waals surface area contributed by atoms with Gasteiger partial charge in [0.25, 0.3) is 0 Å². The summed E-state index contributed by atoms with van der Waals surface area (Å²) < 4.78 is 1.74. The van der Waals surface area contributed by atoms with Crippen LogP contribution in [0.15, 0.2) is 66.7 Å². The van der Waals surface area contributed by atoms with Crippen LogP contribution in [0.5, 0.6) is 0 Å². The Labute approximate surface area is 123 Å². The summed E-state index contributed by atoms with van der Waals surface area (Å²) in [6.45, 7) is 0. The Morgan fingerprint density at radius 1 is 0.905 bits per heavy atom. The van der Waals surface area contributed by atoms with Gasteiger partial charge in [0.2, 0.25) is 0 Å². The van der Waals surface area contributed by atoms with Crippen LogP contribution in [-0.4, -0.2) is 15.6 Å². The summed E-state index contributed by atoms with van der Waals surface area (Å²) in [7, 11) is 1.79. The summed E-state index contributed by atoms with van der Waals surface area (Å²) in [4.78, 5) is 11.6. The molecule has 0 aliphatic rings. The van der Waals surface area contributed by atoms with Crippen LogP contribution in [0.3, 0.4) is 0 Å². The number of aromatic carboxylic acids is 1. The number of hydrogen-bond donors (Lipinski definition) is 1. The van der Waals surface area contributed by atoms with Crippen LogP contribution in [0.2, 0.25) is 0 Å². The quantitative estimate of drug-likeness (QED) is 0.784. The first-order valence-corrected chi connectivity index (χ1v) is 6.72. The molecule has 0 saturated heterocycles. The second kappa shape index (κ2) is 5.29. The lowest BCUT2D eigenvalue weighted by Gasteiger charge is -2.05. The highest BCUT2D eigenvalue weighted by Gasteiger charge is 2.20. The van der Waals surface area contributed by atoms with Gasteiger partial charge in [-0.2, -0.15) is 0 Å². The maximum Gasteiger partial charge on any atom is 0.353 e. The van der Waals surface area contributed by atoms with Crippen LogP contribution in [0, 0.1) is 0 Å². The van der Waals surface area contributed by atoms with Gasteiger partial charge in [-0.25, -0.2) is 4.79 Å². The second-order valence-corrected chi connectivity index (χ2v) is 4.89. The molecule has 3 aromatic rings. The van der Waals surface area contributed by atoms with Crippen molar-refractivity contribution in [2.24, 2.45) is 7.05 Å². The van der Waals surface area contributed by atoms with Crippen LogP contribution < -0.4 is 0 Å². The van der Waals surface area contributed by atoms with E-state index in [4.69, 9.17) is 0 Å². The molecule has 1 N–H and O–H groups in total. The average Bonchev–Trinajstić information content (AvgIpc) is 2.87. The van der Waals surface area contributed by atoms with Crippen molar-refractivity contribution in [3.63, 3.8) is 0 Å². The van der Waals surface area contributed by atoms with Crippen molar-refractivity contribution in [1.82, 2.24) is 4.57 Å². The zero-order valence-electron chi connectivity index (χ0n) is 11.7. The van der Waals surface area contributed by atoms with Gasteiger partial charge in [-0.05, 0) is 17.2 Å². The number of carboxylic acid groups (broad SMARTS) is 1. The maximum atomic E-state index is 11.6. The molecule has 0 fully saturated rings. The number of nitrogens with zero attached hydrogens (tertiary/aromatic N) is 1. The topological polar surface area (TPSA) is 42.2 Å². The van der Waals surface area contributed by atoms with Gasteiger partial charge in [-0.15, -0.1) is 0 Å². The summed E-state index contributed by atoms with van der Waals surface area (Å²) in [5.74, 6) is -0.918. The number of carbonyl (C=O) groups is 1. The van der Waals surface area contributed by atoms with Crippen LogP contribution in [-0.2, 0) is 7.05 Å². The minimum Gasteiger partial charge on any atom is -0.477 e. The maximum absolute atomic E-state index is 11.6. The van der Waals surface area contributed by atoms with Gasteiger partial charge in [-0.1, -0.05) is 60.7 Å². The third-order valence-electron chi connectivity index (χ3n) is 3.59. The highest BCUT2D eigenvalue weighted by molar-refractivity contribution is 5.96. The Morgan fingerprint density at radius 2 is 1.43 bits per heavy atom. The molecule has 2 aromatic carbocycles. The van der Waals surface area contributed by atoms with Crippen molar-refractivity contribution in [2.75, 3.05) is 0 Å². The van der Waals surface area contributed by atoms with Crippen LogP contribution in [0.25, 0.3) is 22.4 Å². The molecule has 104 valence electrons. The predicted octanol–water partition coefficient (Wildman–Crippen LogP) is 4.06. The number of aromatic nitrogens is 1. The first-order valence-electron chi connectivity index (χ1n) is 6.72. The average molecular weight is 277 g/mol. The third-order valence-corrected chi connectivity index (χ3v) is 3.59. The van der Waals surface area contributed by atoms with Crippen molar-refractivity contribution < 1.29 is 9.90 Å². The lowest BCUT2D eigenvalue weighted by molar-refractivity contribution is 0.0687. The van der Waals surface area contributed by atoms with Gasteiger partial charge in [0.05, 0.1) is 0 Å². The fourth-order valence-electron chi connectivity index (χ4n) is 2.59. The van der Waals surface area contributed by atoms with Crippen LogP contribution in [0.1, 0.15) is 10.5 Å². The number of carboxylic acids is 1. The van der Waals surface area contributed by atoms with E-state index in [0.29, 0.717) is 5.69 Å². The van der Waals surface area contributed by atoms with Gasteiger partial charge >= 0.3 is 5.97 Å². The van der Waals surface area contributed by atoms with Crippen molar-refractivity contribution >= 4 is 5.97 Å². The Hall–Kier alpha value is -2.81. The highest BCUT2D eigenvalue weighted by Crippen LogP contribution is 2.32. The van der Waals surface area contributed by atoms with E-state index in [1.54, 1.807) is 11.6 Å². The summed E-state index contributed by atoms with van der Waals surface area (Å²) >= 11 is 0. The molecule has 0 amide bonds. The summed E-state index contributed by atoms with van der Waals surface area (Å²) in [5, 5.41) is 9.55. The van der Waals surface area contributed by atoms with Crippen LogP contribution >= 0.6 is 0 Å². The van der Waals surface area contributed by atoms with Crippen LogP contribution in [0.4, 0.5) is 0 Å². The van der Waals surface area contributed by atoms with Crippen molar-refractivity contribution in [2.45, 2.75) is 0 Å². The molecule has 0 unspecified atom stereocenters. The van der Waals surface area contributed by atoms with Gasteiger partial charge < -0.3 is 9.67 Å². The van der Waals surface area contributed by atoms with E-state index < -0.39 is 5.97 Å². The van der Waals surface area contributed by atoms with E-state index >= 15 is 0 Å². The lowest BCUT2D eigenvalue weighted by atomic mass is 10.0. The molecule has 3 rings (SSSR count). The fraction of sp³-hybridized carbons (Fsp3) is 0.0556. The zero-order valence-corrected chi connectivity index (χ0v) is 11.7. The monoisotopic (exact) mass is 277 g/mol. The van der Waals surface area contributed by atoms with E-state index in [1.165, 1.54) is 0 Å². The van der Waals surface area contributed by atoms with E-state index in [0.717, 1.165) is 22.4 Å². The Balaban J connectivity index is 2.24. The van der Waals surface area contributed by atoms with Crippen molar-refractivity contribution in [3.05, 3.63) is 72.4 Å². The first-order chi connectivity index (χ1) is 10.2. The molecule has 21 heavy (non-hydrogen) atoms. The van der Waals surface area contributed by atoms with Gasteiger partial charge in [0.15, 0.2) is 0 Å². The second-order valence-electron chi connectivity index (χ2n) is 4.89. The Morgan fingerprint density at radius 3 is 1.95 bits per heavy atom. The summed E-state index contributed by atoms with van der Waals surface area (Å²) in [5.41, 5.74) is 3.86. The minimum absolute atomic E-state index is 0.306. The fourth-order valence-corrected chi connectivity index (χ4v) is 2.59. The van der Waals surface area contributed by atoms with Gasteiger partial charge in [0.1, 0.15) is 5.69 Å². The summed E-state index contributed by atoms with van der Waals surface area (Å²) in [6.07, 6.45) is 0. The molecule has 0 aliphatic heterocycles. The molecule has 0 aliphatic carbocycles. The van der Waals surface area contributed by atoms with Crippen molar-refractivity contribution in [1.29, 1.82) is 0 Å². The summed E-state index contributed by atoms with van der Waals surface area (Å²) in [6, 6.07) is 21.3. The lowest BCUT2D eigenvalue weighted by Crippen LogP contribution is -2.06. The molecule has 0 radical (unpaired) electrons. The predicted molar refractivity (Wildman–Crippen MR) is 83.2 cm³/mol. The molecule has 3 nitrogen and oxygen atoms in total. The normalized spacial score (nSPS) is 10.5. The van der Waals surface area contributed by atoms with E-state index in [1.807, 2.05) is 66.7 Å². The molecule has 1 heterocycles. The van der Waals surface area contributed by atoms with Crippen molar-refractivity contribution in [3.8, 4) is 22.4 Å². The molecule has 1 aromatic heterocycles. The Kier molecular flexibility index (Phi) is 3.32. The first kappa shape index (κ1) is 13.2. The highest BCUT2D eigenvalue weighted by atomic mass is 16.4. The SMILES string of the molecule is Cn1c(-c2ccccc2)cc(-c2ccccc2)c1C(=O)O.